The molecule has 1 N–H and O–H groups in total. The molecular weight excluding hydrogens is 326 g/mol. The highest BCUT2D eigenvalue weighted by atomic mass is 35.5. The minimum absolute atomic E-state index is 0.00518. The molecule has 1 atom stereocenters. The number of anilines is 1. The number of nitrogens with zero attached hydrogens (tertiary/aromatic N) is 2. The molecular formula is C18H20ClN3O2. The zero-order valence-corrected chi connectivity index (χ0v) is 14.5. The monoisotopic (exact) mass is 345 g/mol. The van der Waals surface area contributed by atoms with Crippen LogP contribution < -0.4 is 10.1 Å². The molecule has 1 aromatic heterocycles. The van der Waals surface area contributed by atoms with Crippen molar-refractivity contribution < 1.29 is 9.53 Å². The van der Waals surface area contributed by atoms with Gasteiger partial charge >= 0.3 is 6.03 Å². The molecule has 6 heteroatoms. The molecule has 0 saturated carbocycles. The molecule has 2 aromatic rings. The highest BCUT2D eigenvalue weighted by molar-refractivity contribution is 6.31. The molecule has 24 heavy (non-hydrogen) atoms. The lowest BCUT2D eigenvalue weighted by Gasteiger charge is -2.25. The Kier molecular flexibility index (Phi) is 4.90. The van der Waals surface area contributed by atoms with Gasteiger partial charge in [-0.1, -0.05) is 17.7 Å². The Bertz CT molecular complexity index is 737. The highest BCUT2D eigenvalue weighted by Gasteiger charge is 2.31. The first-order chi connectivity index (χ1) is 11.6. The fourth-order valence-corrected chi connectivity index (χ4v) is 3.16. The lowest BCUT2D eigenvalue weighted by atomic mass is 10.1. The van der Waals surface area contributed by atoms with Gasteiger partial charge in [-0.15, -0.1) is 0 Å². The molecule has 3 rings (SSSR count). The van der Waals surface area contributed by atoms with Crippen molar-refractivity contribution in [3.05, 3.63) is 52.8 Å². The first-order valence-corrected chi connectivity index (χ1v) is 8.30. The van der Waals surface area contributed by atoms with E-state index >= 15 is 0 Å². The van der Waals surface area contributed by atoms with Gasteiger partial charge in [-0.3, -0.25) is 4.98 Å². The first kappa shape index (κ1) is 16.6. The van der Waals surface area contributed by atoms with Crippen LogP contribution in [0.25, 0.3) is 0 Å². The fraction of sp³-hybridized carbons (Fsp3) is 0.333. The maximum atomic E-state index is 12.8. The quantitative estimate of drug-likeness (QED) is 0.895. The molecule has 0 radical (unpaired) electrons. The van der Waals surface area contributed by atoms with Crippen LogP contribution in [0.1, 0.15) is 30.1 Å². The topological polar surface area (TPSA) is 54.5 Å². The summed E-state index contributed by atoms with van der Waals surface area (Å²) in [5, 5.41) is 3.56. The van der Waals surface area contributed by atoms with E-state index in [0.29, 0.717) is 23.0 Å². The van der Waals surface area contributed by atoms with Gasteiger partial charge in [0, 0.05) is 23.8 Å². The summed E-state index contributed by atoms with van der Waals surface area (Å²) >= 11 is 6.12. The Balaban J connectivity index is 1.81. The van der Waals surface area contributed by atoms with E-state index in [1.807, 2.05) is 36.1 Å². The van der Waals surface area contributed by atoms with Crippen molar-refractivity contribution in [1.29, 1.82) is 0 Å². The first-order valence-electron chi connectivity index (χ1n) is 7.93. The molecule has 1 saturated heterocycles. The second-order valence-corrected chi connectivity index (χ2v) is 6.25. The van der Waals surface area contributed by atoms with Gasteiger partial charge in [-0.25, -0.2) is 4.79 Å². The molecule has 0 aliphatic carbocycles. The second-order valence-electron chi connectivity index (χ2n) is 5.84. The largest absolute Gasteiger partial charge is 0.495 e. The summed E-state index contributed by atoms with van der Waals surface area (Å²) in [5.74, 6) is 0.549. The number of ether oxygens (including phenoxy) is 1. The minimum Gasteiger partial charge on any atom is -0.495 e. The molecule has 1 aromatic carbocycles. The Morgan fingerprint density at radius 1 is 1.42 bits per heavy atom. The molecule has 1 aliphatic heterocycles. The van der Waals surface area contributed by atoms with Gasteiger partial charge in [0.25, 0.3) is 0 Å². The summed E-state index contributed by atoms with van der Waals surface area (Å²) in [4.78, 5) is 19.0. The third-order valence-electron chi connectivity index (χ3n) is 4.27. The van der Waals surface area contributed by atoms with Crippen molar-refractivity contribution in [3.63, 3.8) is 0 Å². The number of rotatable bonds is 3. The summed E-state index contributed by atoms with van der Waals surface area (Å²) in [5.41, 5.74) is 2.43. The average molecular weight is 346 g/mol. The van der Waals surface area contributed by atoms with Gasteiger partial charge in [-0.05, 0) is 43.5 Å². The summed E-state index contributed by atoms with van der Waals surface area (Å²) in [6.45, 7) is 2.60. The van der Waals surface area contributed by atoms with Gasteiger partial charge in [0.15, 0.2) is 0 Å². The molecule has 1 aliphatic rings. The number of urea groups is 1. The molecule has 126 valence electrons. The molecule has 1 fully saturated rings. The van der Waals surface area contributed by atoms with Crippen molar-refractivity contribution >= 4 is 23.3 Å². The highest BCUT2D eigenvalue weighted by Crippen LogP contribution is 2.34. The zero-order chi connectivity index (χ0) is 17.1. The van der Waals surface area contributed by atoms with Gasteiger partial charge in [0.1, 0.15) is 5.75 Å². The van der Waals surface area contributed by atoms with Crippen LogP contribution >= 0.6 is 11.6 Å². The molecule has 2 heterocycles. The minimum atomic E-state index is -0.150. The molecule has 0 bridgehead atoms. The predicted molar refractivity (Wildman–Crippen MR) is 94.7 cm³/mol. The van der Waals surface area contributed by atoms with Gasteiger partial charge in [-0.2, -0.15) is 0 Å². The number of carbonyl (C=O) groups is 1. The van der Waals surface area contributed by atoms with Crippen LogP contribution in [0, 0.1) is 6.92 Å². The van der Waals surface area contributed by atoms with Crippen LogP contribution in [0.4, 0.5) is 10.5 Å². The Morgan fingerprint density at radius 2 is 2.25 bits per heavy atom. The van der Waals surface area contributed by atoms with Crippen LogP contribution in [-0.2, 0) is 0 Å². The number of aryl methyl sites for hydroxylation is 1. The maximum Gasteiger partial charge on any atom is 0.322 e. The van der Waals surface area contributed by atoms with Crippen LogP contribution in [0.2, 0.25) is 5.02 Å². The number of hydrogen-bond donors (Lipinski definition) is 1. The number of aromatic nitrogens is 1. The van der Waals surface area contributed by atoms with Crippen molar-refractivity contribution in [1.82, 2.24) is 9.88 Å². The van der Waals surface area contributed by atoms with Gasteiger partial charge in [0.05, 0.1) is 24.5 Å². The third kappa shape index (κ3) is 3.31. The van der Waals surface area contributed by atoms with E-state index in [4.69, 9.17) is 16.3 Å². The summed E-state index contributed by atoms with van der Waals surface area (Å²) < 4.78 is 5.33. The fourth-order valence-electron chi connectivity index (χ4n) is 3.01. The van der Waals surface area contributed by atoms with E-state index in [0.717, 1.165) is 24.1 Å². The standard InChI is InChI=1S/C18H20ClN3O2/c1-12-10-15(17(24-2)11-13(12)19)21-18(23)22-9-5-7-16(22)14-6-3-4-8-20-14/h3-4,6,8,10-11,16H,5,7,9H2,1-2H3,(H,21,23). The van der Waals surface area contributed by atoms with Crippen LogP contribution in [0.15, 0.2) is 36.5 Å². The van der Waals surface area contributed by atoms with E-state index in [1.54, 1.807) is 19.4 Å². The Morgan fingerprint density at radius 3 is 2.96 bits per heavy atom. The maximum absolute atomic E-state index is 12.8. The third-order valence-corrected chi connectivity index (χ3v) is 4.67. The average Bonchev–Trinajstić information content (AvgIpc) is 3.08. The molecule has 1 unspecified atom stereocenters. The van der Waals surface area contributed by atoms with Gasteiger partial charge in [0.2, 0.25) is 0 Å². The number of benzene rings is 1. The number of hydrogen-bond acceptors (Lipinski definition) is 3. The van der Waals surface area contributed by atoms with E-state index in [9.17, 15) is 4.79 Å². The number of amides is 2. The number of likely N-dealkylation sites (tertiary alicyclic amines) is 1. The van der Waals surface area contributed by atoms with Crippen molar-refractivity contribution in [2.75, 3.05) is 19.0 Å². The van der Waals surface area contributed by atoms with Crippen LogP contribution in [0.3, 0.4) is 0 Å². The van der Waals surface area contributed by atoms with E-state index in [1.165, 1.54) is 0 Å². The number of pyridine rings is 1. The summed E-state index contributed by atoms with van der Waals surface area (Å²) in [6, 6.07) is 9.18. The predicted octanol–water partition coefficient (Wildman–Crippen LogP) is 4.42. The molecule has 0 spiro atoms. The number of carbonyl (C=O) groups excluding carboxylic acids is 1. The van der Waals surface area contributed by atoms with E-state index in [2.05, 4.69) is 10.3 Å². The SMILES string of the molecule is COc1cc(Cl)c(C)cc1NC(=O)N1CCCC1c1ccccn1. The van der Waals surface area contributed by atoms with Gasteiger partial charge < -0.3 is 15.0 Å². The van der Waals surface area contributed by atoms with E-state index in [-0.39, 0.29) is 12.1 Å². The van der Waals surface area contributed by atoms with Crippen molar-refractivity contribution in [2.45, 2.75) is 25.8 Å². The van der Waals surface area contributed by atoms with Crippen molar-refractivity contribution in [2.24, 2.45) is 0 Å². The normalized spacial score (nSPS) is 17.0. The lowest BCUT2D eigenvalue weighted by Crippen LogP contribution is -2.34. The summed E-state index contributed by atoms with van der Waals surface area (Å²) in [6.07, 6.45) is 3.64. The second kappa shape index (κ2) is 7.09. The lowest BCUT2D eigenvalue weighted by molar-refractivity contribution is 0.206. The Labute approximate surface area is 146 Å². The zero-order valence-electron chi connectivity index (χ0n) is 13.8. The number of methoxy groups -OCH3 is 1. The number of nitrogens with one attached hydrogen (secondary N) is 1. The van der Waals surface area contributed by atoms with Crippen molar-refractivity contribution in [3.8, 4) is 5.75 Å². The summed E-state index contributed by atoms with van der Waals surface area (Å²) in [7, 11) is 1.56. The number of halogens is 1. The van der Waals surface area contributed by atoms with Crippen LogP contribution in [0.5, 0.6) is 5.75 Å². The van der Waals surface area contributed by atoms with E-state index < -0.39 is 0 Å². The molecule has 5 nitrogen and oxygen atoms in total. The Hall–Kier alpha value is -2.27. The molecule has 2 amide bonds. The smallest absolute Gasteiger partial charge is 0.322 e. The van der Waals surface area contributed by atoms with Crippen LogP contribution in [-0.4, -0.2) is 29.6 Å².